The lowest BCUT2D eigenvalue weighted by Gasteiger charge is -2.29. The van der Waals surface area contributed by atoms with Crippen LogP contribution >= 0.6 is 11.3 Å². The van der Waals surface area contributed by atoms with Crippen molar-refractivity contribution in [2.45, 2.75) is 16.7 Å². The Hall–Kier alpha value is -2.43. The topological polar surface area (TPSA) is 113 Å². The molecule has 0 fully saturated rings. The second-order valence-corrected chi connectivity index (χ2v) is 10.2. The monoisotopic (exact) mass is 426 g/mol. The van der Waals surface area contributed by atoms with Gasteiger partial charge in [0.2, 0.25) is 0 Å². The van der Waals surface area contributed by atoms with Crippen molar-refractivity contribution < 1.29 is 27.6 Å². The van der Waals surface area contributed by atoms with E-state index in [9.17, 15) is 18.0 Å². The summed E-state index contributed by atoms with van der Waals surface area (Å²) in [5.41, 5.74) is 0.647. The zero-order valence-corrected chi connectivity index (χ0v) is 17.5. The van der Waals surface area contributed by atoms with Gasteiger partial charge in [0.15, 0.2) is 0 Å². The number of rotatable bonds is 9. The molecular weight excluding hydrogens is 402 g/mol. The summed E-state index contributed by atoms with van der Waals surface area (Å²) >= 11 is 1.11. The summed E-state index contributed by atoms with van der Waals surface area (Å²) in [4.78, 5) is 23.5. The van der Waals surface area contributed by atoms with Gasteiger partial charge in [-0.2, -0.15) is 0 Å². The molecular formula is C18H24N3O5S2+. The quantitative estimate of drug-likeness (QED) is 0.530. The van der Waals surface area contributed by atoms with Crippen molar-refractivity contribution in [1.82, 2.24) is 5.32 Å². The van der Waals surface area contributed by atoms with Crippen molar-refractivity contribution in [3.63, 3.8) is 0 Å². The fourth-order valence-electron chi connectivity index (χ4n) is 2.61. The van der Waals surface area contributed by atoms with Crippen LogP contribution in [0.2, 0.25) is 0 Å². The van der Waals surface area contributed by atoms with E-state index in [4.69, 9.17) is 5.11 Å². The second kappa shape index (κ2) is 8.72. The first kappa shape index (κ1) is 21.9. The van der Waals surface area contributed by atoms with Crippen LogP contribution < -0.4 is 10.0 Å². The highest BCUT2D eigenvalue weighted by molar-refractivity contribution is 7.94. The number of nitrogens with one attached hydrogen (secondary N) is 2. The number of carbonyl (C=O) groups excluding carboxylic acids is 1. The van der Waals surface area contributed by atoms with E-state index in [1.165, 1.54) is 30.3 Å². The van der Waals surface area contributed by atoms with Gasteiger partial charge in [-0.15, -0.1) is 11.3 Å². The fraction of sp³-hybridized carbons (Fsp3) is 0.333. The maximum Gasteiger partial charge on any atom is 0.305 e. The number of carboxylic acid groups (broad SMARTS) is 1. The van der Waals surface area contributed by atoms with Gasteiger partial charge in [0.1, 0.15) is 4.21 Å². The molecule has 2 rings (SSSR count). The van der Waals surface area contributed by atoms with Crippen LogP contribution in [-0.2, 0) is 14.8 Å². The number of amides is 1. The van der Waals surface area contributed by atoms with Crippen LogP contribution in [0.15, 0.2) is 46.0 Å². The highest BCUT2D eigenvalue weighted by Crippen LogP contribution is 2.20. The highest BCUT2D eigenvalue weighted by Gasteiger charge is 2.23. The third-order valence-corrected chi connectivity index (χ3v) is 6.46. The molecule has 0 radical (unpaired) electrons. The normalized spacial score (nSPS) is 13.0. The summed E-state index contributed by atoms with van der Waals surface area (Å²) in [6.07, 6.45) is -0.181. The van der Waals surface area contributed by atoms with Crippen LogP contribution in [0, 0.1) is 0 Å². The summed E-state index contributed by atoms with van der Waals surface area (Å²) in [5.74, 6) is -1.40. The van der Waals surface area contributed by atoms with Gasteiger partial charge in [-0.3, -0.25) is 14.3 Å². The Balaban J connectivity index is 2.07. The van der Waals surface area contributed by atoms with E-state index < -0.39 is 27.9 Å². The Labute approximate surface area is 168 Å². The van der Waals surface area contributed by atoms with Crippen LogP contribution in [0.25, 0.3) is 0 Å². The van der Waals surface area contributed by atoms with Gasteiger partial charge in [0.05, 0.1) is 40.2 Å². The first-order valence-electron chi connectivity index (χ1n) is 8.46. The average molecular weight is 427 g/mol. The molecule has 1 atom stereocenters. The van der Waals surface area contributed by atoms with Gasteiger partial charge in [-0.05, 0) is 35.7 Å². The number of nitrogens with zero attached hydrogens (tertiary/aromatic N) is 1. The van der Waals surface area contributed by atoms with Gasteiger partial charge in [0.25, 0.3) is 15.9 Å². The largest absolute Gasteiger partial charge is 0.481 e. The van der Waals surface area contributed by atoms with E-state index in [0.717, 1.165) is 11.3 Å². The minimum Gasteiger partial charge on any atom is -0.481 e. The third kappa shape index (κ3) is 6.63. The van der Waals surface area contributed by atoms with Gasteiger partial charge in [-0.1, -0.05) is 6.07 Å². The SMILES string of the molecule is C[N+](C)(C)CC(CC(=O)O)NC(=O)c1ccc(NS(=O)(=O)c2cccs2)cc1. The molecule has 0 aliphatic rings. The summed E-state index contributed by atoms with van der Waals surface area (Å²) < 4.78 is 27.6. The number of anilines is 1. The molecule has 0 saturated heterocycles. The molecule has 10 heteroatoms. The Morgan fingerprint density at radius 3 is 2.29 bits per heavy atom. The van der Waals surface area contributed by atoms with E-state index in [1.807, 2.05) is 21.1 Å². The molecule has 0 aliphatic heterocycles. The molecule has 28 heavy (non-hydrogen) atoms. The van der Waals surface area contributed by atoms with Gasteiger partial charge >= 0.3 is 5.97 Å². The smallest absolute Gasteiger partial charge is 0.305 e. The molecule has 152 valence electrons. The van der Waals surface area contributed by atoms with E-state index >= 15 is 0 Å². The Kier molecular flexibility index (Phi) is 6.81. The maximum absolute atomic E-state index is 12.5. The Morgan fingerprint density at radius 1 is 1.14 bits per heavy atom. The number of hydrogen-bond acceptors (Lipinski definition) is 5. The highest BCUT2D eigenvalue weighted by atomic mass is 32.2. The molecule has 0 aliphatic carbocycles. The van der Waals surface area contributed by atoms with Crippen LogP contribution in [-0.4, -0.2) is 63.6 Å². The molecule has 2 aromatic rings. The molecule has 0 spiro atoms. The number of thiophene rings is 1. The number of carboxylic acids is 1. The number of likely N-dealkylation sites (N-methyl/N-ethyl adjacent to an activating group) is 1. The number of benzene rings is 1. The van der Waals surface area contributed by atoms with Crippen molar-refractivity contribution in [3.05, 3.63) is 47.3 Å². The first-order valence-corrected chi connectivity index (χ1v) is 10.8. The zero-order chi connectivity index (χ0) is 20.9. The zero-order valence-electron chi connectivity index (χ0n) is 15.9. The molecule has 1 unspecified atom stereocenters. The number of carbonyl (C=O) groups is 2. The number of sulfonamides is 1. The Morgan fingerprint density at radius 2 is 1.79 bits per heavy atom. The number of quaternary nitrogens is 1. The second-order valence-electron chi connectivity index (χ2n) is 7.36. The third-order valence-electron chi connectivity index (χ3n) is 3.68. The van der Waals surface area contributed by atoms with E-state index in [-0.39, 0.29) is 10.6 Å². The predicted octanol–water partition coefficient (Wildman–Crippen LogP) is 1.83. The van der Waals surface area contributed by atoms with Crippen molar-refractivity contribution in [2.24, 2.45) is 0 Å². The minimum absolute atomic E-state index is 0.181. The summed E-state index contributed by atoms with van der Waals surface area (Å²) in [6.45, 7) is 0.455. The van der Waals surface area contributed by atoms with Crippen molar-refractivity contribution >= 4 is 38.9 Å². The Bertz CT molecular complexity index is 917. The lowest BCUT2D eigenvalue weighted by Crippen LogP contribution is -2.49. The molecule has 1 amide bonds. The maximum atomic E-state index is 12.5. The number of aliphatic carboxylic acids is 1. The van der Waals surface area contributed by atoms with Crippen LogP contribution in [0.1, 0.15) is 16.8 Å². The molecule has 1 aromatic carbocycles. The van der Waals surface area contributed by atoms with Crippen LogP contribution in [0.3, 0.4) is 0 Å². The number of hydrogen-bond donors (Lipinski definition) is 3. The van der Waals surface area contributed by atoms with E-state index in [1.54, 1.807) is 11.4 Å². The van der Waals surface area contributed by atoms with E-state index in [0.29, 0.717) is 22.3 Å². The van der Waals surface area contributed by atoms with Crippen LogP contribution in [0.4, 0.5) is 5.69 Å². The van der Waals surface area contributed by atoms with E-state index in [2.05, 4.69) is 10.0 Å². The van der Waals surface area contributed by atoms with Crippen molar-refractivity contribution in [1.29, 1.82) is 0 Å². The van der Waals surface area contributed by atoms with Gasteiger partial charge < -0.3 is 14.9 Å². The predicted molar refractivity (Wildman–Crippen MR) is 108 cm³/mol. The fourth-order valence-corrected chi connectivity index (χ4v) is 4.66. The van der Waals surface area contributed by atoms with Gasteiger partial charge in [0, 0.05) is 11.3 Å². The lowest BCUT2D eigenvalue weighted by molar-refractivity contribution is -0.871. The first-order chi connectivity index (χ1) is 13.0. The lowest BCUT2D eigenvalue weighted by atomic mass is 10.1. The van der Waals surface area contributed by atoms with Crippen molar-refractivity contribution in [3.8, 4) is 0 Å². The molecule has 3 N–H and O–H groups in total. The average Bonchev–Trinajstić information content (AvgIpc) is 3.08. The molecule has 1 aromatic heterocycles. The minimum atomic E-state index is -3.66. The van der Waals surface area contributed by atoms with Gasteiger partial charge in [-0.25, -0.2) is 8.42 Å². The van der Waals surface area contributed by atoms with Crippen LogP contribution in [0.5, 0.6) is 0 Å². The van der Waals surface area contributed by atoms with Crippen molar-refractivity contribution in [2.75, 3.05) is 32.4 Å². The molecule has 0 saturated carbocycles. The summed E-state index contributed by atoms with van der Waals surface area (Å²) in [7, 11) is 2.08. The standard InChI is InChI=1S/C18H23N3O5S2/c1-21(2,3)12-15(11-16(22)23)19-18(24)13-6-8-14(9-7-13)20-28(25,26)17-5-4-10-27-17/h4-10,15H,11-12H2,1-3H3,(H2-,19,20,22,23,24)/p+1. The molecule has 1 heterocycles. The summed E-state index contributed by atoms with van der Waals surface area (Å²) in [6, 6.07) is 8.60. The summed E-state index contributed by atoms with van der Waals surface area (Å²) in [5, 5.41) is 13.5. The molecule has 8 nitrogen and oxygen atoms in total. The molecule has 0 bridgehead atoms.